The summed E-state index contributed by atoms with van der Waals surface area (Å²) in [5.41, 5.74) is 2.33. The van der Waals surface area contributed by atoms with E-state index in [-0.39, 0.29) is 0 Å². The van der Waals surface area contributed by atoms with E-state index in [4.69, 9.17) is 21.1 Å². The van der Waals surface area contributed by atoms with Crippen molar-refractivity contribution in [3.8, 4) is 22.6 Å². The monoisotopic (exact) mass is 328 g/mol. The van der Waals surface area contributed by atoms with Crippen molar-refractivity contribution in [3.63, 3.8) is 0 Å². The van der Waals surface area contributed by atoms with Crippen LogP contribution in [0.3, 0.4) is 0 Å². The van der Waals surface area contributed by atoms with Crippen molar-refractivity contribution < 1.29 is 9.47 Å². The Labute approximate surface area is 138 Å². The lowest BCUT2D eigenvalue weighted by Crippen LogP contribution is -1.92. The molecule has 1 heterocycles. The Bertz CT molecular complexity index is 859. The topological polar surface area (TPSA) is 18.5 Å². The number of thioether (sulfide) groups is 1. The van der Waals surface area contributed by atoms with E-state index in [2.05, 4.69) is 30.5 Å². The number of benzene rings is 3. The van der Waals surface area contributed by atoms with Crippen molar-refractivity contribution in [2.24, 2.45) is 0 Å². The second kappa shape index (κ2) is 5.41. The summed E-state index contributed by atoms with van der Waals surface area (Å²) in [4.78, 5) is 1.22. The van der Waals surface area contributed by atoms with Gasteiger partial charge < -0.3 is 9.47 Å². The summed E-state index contributed by atoms with van der Waals surface area (Å²) in [5.74, 6) is 1.63. The zero-order chi connectivity index (χ0) is 15.1. The highest BCUT2D eigenvalue weighted by Gasteiger charge is 2.16. The largest absolute Gasteiger partial charge is 0.454 e. The van der Waals surface area contributed by atoms with Gasteiger partial charge in [0.2, 0.25) is 6.79 Å². The van der Waals surface area contributed by atoms with Crippen LogP contribution in [0.4, 0.5) is 0 Å². The van der Waals surface area contributed by atoms with Gasteiger partial charge in [0.25, 0.3) is 0 Å². The zero-order valence-corrected chi connectivity index (χ0v) is 13.5. The van der Waals surface area contributed by atoms with E-state index in [1.807, 2.05) is 24.3 Å². The summed E-state index contributed by atoms with van der Waals surface area (Å²) in [7, 11) is 0. The fourth-order valence-corrected chi connectivity index (χ4v) is 3.46. The third-order valence-electron chi connectivity index (χ3n) is 3.81. The van der Waals surface area contributed by atoms with Crippen molar-refractivity contribution in [1.82, 2.24) is 0 Å². The molecular formula is C18H13ClO2S. The Kier molecular flexibility index (Phi) is 3.40. The maximum Gasteiger partial charge on any atom is 0.231 e. The maximum absolute atomic E-state index is 5.98. The Hall–Kier alpha value is -1.84. The average molecular weight is 329 g/mol. The molecule has 110 valence electrons. The number of hydrogen-bond acceptors (Lipinski definition) is 3. The first-order valence-electron chi connectivity index (χ1n) is 6.92. The van der Waals surface area contributed by atoms with Gasteiger partial charge in [0.05, 0.1) is 0 Å². The summed E-state index contributed by atoms with van der Waals surface area (Å²) in [6.07, 6.45) is 2.09. The lowest BCUT2D eigenvalue weighted by Gasteiger charge is -2.10. The molecule has 0 aromatic heterocycles. The van der Waals surface area contributed by atoms with Gasteiger partial charge in [-0.3, -0.25) is 0 Å². The molecular weight excluding hydrogens is 316 g/mol. The van der Waals surface area contributed by atoms with Crippen molar-refractivity contribution in [2.75, 3.05) is 13.0 Å². The first-order valence-corrected chi connectivity index (χ1v) is 8.52. The average Bonchev–Trinajstić information content (AvgIpc) is 2.99. The molecule has 0 N–H and O–H groups in total. The normalized spacial score (nSPS) is 12.8. The molecule has 0 spiro atoms. The fourth-order valence-electron chi connectivity index (χ4n) is 2.70. The van der Waals surface area contributed by atoms with Gasteiger partial charge in [-0.05, 0) is 64.6 Å². The number of fused-ring (bicyclic) bond motifs is 2. The Morgan fingerprint density at radius 1 is 0.909 bits per heavy atom. The first-order chi connectivity index (χ1) is 10.7. The smallest absolute Gasteiger partial charge is 0.231 e. The van der Waals surface area contributed by atoms with Gasteiger partial charge in [0.1, 0.15) is 0 Å². The summed E-state index contributed by atoms with van der Waals surface area (Å²) in [6.45, 7) is 0.296. The van der Waals surface area contributed by atoms with Crippen LogP contribution >= 0.6 is 23.4 Å². The minimum Gasteiger partial charge on any atom is -0.454 e. The van der Waals surface area contributed by atoms with Crippen LogP contribution in [0.2, 0.25) is 5.02 Å². The fraction of sp³-hybridized carbons (Fsp3) is 0.111. The summed E-state index contributed by atoms with van der Waals surface area (Å²) >= 11 is 7.72. The second-order valence-electron chi connectivity index (χ2n) is 5.11. The van der Waals surface area contributed by atoms with E-state index >= 15 is 0 Å². The molecule has 3 aromatic carbocycles. The van der Waals surface area contributed by atoms with Crippen LogP contribution in [-0.4, -0.2) is 13.0 Å². The predicted octanol–water partition coefficient (Wildman–Crippen LogP) is 5.61. The molecule has 0 unspecified atom stereocenters. The number of ether oxygens (including phenoxy) is 2. The molecule has 0 aliphatic carbocycles. The van der Waals surface area contributed by atoms with Gasteiger partial charge in [0, 0.05) is 9.92 Å². The lowest BCUT2D eigenvalue weighted by atomic mass is 10.0. The van der Waals surface area contributed by atoms with E-state index in [1.54, 1.807) is 11.8 Å². The van der Waals surface area contributed by atoms with Gasteiger partial charge in [-0.25, -0.2) is 0 Å². The maximum atomic E-state index is 5.98. The van der Waals surface area contributed by atoms with Gasteiger partial charge in [-0.15, -0.1) is 11.8 Å². The van der Waals surface area contributed by atoms with Crippen LogP contribution in [0.15, 0.2) is 53.4 Å². The van der Waals surface area contributed by atoms with Gasteiger partial charge in [0.15, 0.2) is 11.5 Å². The number of halogens is 1. The molecule has 0 saturated heterocycles. The zero-order valence-electron chi connectivity index (χ0n) is 11.9. The van der Waals surface area contributed by atoms with E-state index in [1.165, 1.54) is 15.8 Å². The Morgan fingerprint density at radius 3 is 2.36 bits per heavy atom. The molecule has 4 rings (SSSR count). The number of hydrogen-bond donors (Lipinski definition) is 0. The minimum atomic E-state index is 0.296. The molecule has 0 radical (unpaired) electrons. The van der Waals surface area contributed by atoms with E-state index in [9.17, 15) is 0 Å². The molecule has 22 heavy (non-hydrogen) atoms. The van der Waals surface area contributed by atoms with Gasteiger partial charge in [-0.1, -0.05) is 23.7 Å². The van der Waals surface area contributed by atoms with Crippen LogP contribution in [0.25, 0.3) is 21.9 Å². The Morgan fingerprint density at radius 2 is 1.64 bits per heavy atom. The van der Waals surface area contributed by atoms with Crippen molar-refractivity contribution in [1.29, 1.82) is 0 Å². The summed E-state index contributed by atoms with van der Waals surface area (Å²) in [6, 6.07) is 16.4. The second-order valence-corrected chi connectivity index (χ2v) is 6.40. The SMILES string of the molecule is CSc1cc(-c2ccc(Cl)cc2)cc2cc3c(cc12)OCO3. The summed E-state index contributed by atoms with van der Waals surface area (Å²) in [5, 5.41) is 3.09. The van der Waals surface area contributed by atoms with Crippen LogP contribution in [0.5, 0.6) is 11.5 Å². The first kappa shape index (κ1) is 13.8. The van der Waals surface area contributed by atoms with Crippen LogP contribution < -0.4 is 9.47 Å². The third-order valence-corrected chi connectivity index (χ3v) is 4.83. The molecule has 1 aliphatic rings. The summed E-state index contributed by atoms with van der Waals surface area (Å²) < 4.78 is 11.0. The third kappa shape index (κ3) is 2.31. The molecule has 0 amide bonds. The highest BCUT2D eigenvalue weighted by molar-refractivity contribution is 7.98. The van der Waals surface area contributed by atoms with E-state index in [0.29, 0.717) is 6.79 Å². The standard InChI is InChI=1S/C18H13ClO2S/c1-22-18-8-12(11-2-4-14(19)5-3-11)6-13-7-16-17(9-15(13)18)21-10-20-16/h2-9H,10H2,1H3. The van der Waals surface area contributed by atoms with Crippen molar-refractivity contribution in [3.05, 3.63) is 53.6 Å². The molecule has 0 fully saturated rings. The molecule has 2 nitrogen and oxygen atoms in total. The highest BCUT2D eigenvalue weighted by Crippen LogP contribution is 2.41. The highest BCUT2D eigenvalue weighted by atomic mass is 35.5. The van der Waals surface area contributed by atoms with Crippen molar-refractivity contribution >= 4 is 34.1 Å². The van der Waals surface area contributed by atoms with Crippen LogP contribution in [0.1, 0.15) is 0 Å². The van der Waals surface area contributed by atoms with Crippen LogP contribution in [0, 0.1) is 0 Å². The van der Waals surface area contributed by atoms with E-state index < -0.39 is 0 Å². The lowest BCUT2D eigenvalue weighted by molar-refractivity contribution is 0.174. The number of rotatable bonds is 2. The quantitative estimate of drug-likeness (QED) is 0.569. The van der Waals surface area contributed by atoms with E-state index in [0.717, 1.165) is 27.5 Å². The molecule has 0 saturated carbocycles. The molecule has 4 heteroatoms. The molecule has 1 aliphatic heterocycles. The van der Waals surface area contributed by atoms with Crippen molar-refractivity contribution in [2.45, 2.75) is 4.90 Å². The van der Waals surface area contributed by atoms with Gasteiger partial charge >= 0.3 is 0 Å². The molecule has 3 aromatic rings. The molecule has 0 bridgehead atoms. The minimum absolute atomic E-state index is 0.296. The molecule has 0 atom stereocenters. The van der Waals surface area contributed by atoms with Gasteiger partial charge in [-0.2, -0.15) is 0 Å². The Balaban J connectivity index is 1.94. The predicted molar refractivity (Wildman–Crippen MR) is 92.3 cm³/mol. The van der Waals surface area contributed by atoms with Crippen LogP contribution in [-0.2, 0) is 0 Å².